The molecule has 0 radical (unpaired) electrons. The Bertz CT molecular complexity index is 756. The summed E-state index contributed by atoms with van der Waals surface area (Å²) in [5.74, 6) is -0.911. The second-order valence-electron chi connectivity index (χ2n) is 6.02. The number of hydrogen-bond donors (Lipinski definition) is 2. The first-order chi connectivity index (χ1) is 12.0. The molecule has 0 spiro atoms. The van der Waals surface area contributed by atoms with Crippen LogP contribution in [0.3, 0.4) is 0 Å². The minimum atomic E-state index is -0.650. The zero-order valence-electron chi connectivity index (χ0n) is 13.5. The molecule has 25 heavy (non-hydrogen) atoms. The van der Waals surface area contributed by atoms with Gasteiger partial charge in [0.2, 0.25) is 5.91 Å². The maximum Gasteiger partial charge on any atom is 0.329 e. The Morgan fingerprint density at radius 3 is 2.68 bits per heavy atom. The van der Waals surface area contributed by atoms with Crippen LogP contribution in [0, 0.1) is 0 Å². The fraction of sp³-hybridized carbons (Fsp3) is 0.353. The van der Waals surface area contributed by atoms with Gasteiger partial charge in [0, 0.05) is 23.7 Å². The highest BCUT2D eigenvalue weighted by Gasteiger charge is 2.36. The monoisotopic (exact) mass is 363 g/mol. The normalized spacial score (nSPS) is 19.5. The number of carbonyl (C=O) groups is 3. The van der Waals surface area contributed by atoms with Gasteiger partial charge >= 0.3 is 6.03 Å². The van der Waals surface area contributed by atoms with E-state index < -0.39 is 11.9 Å². The van der Waals surface area contributed by atoms with Crippen LogP contribution in [-0.4, -0.2) is 52.4 Å². The number of amides is 4. The Hall–Kier alpha value is -2.54. The molecule has 2 saturated heterocycles. The van der Waals surface area contributed by atoms with Gasteiger partial charge in [-0.05, 0) is 43.5 Å². The number of phenolic OH excluding ortho intramolecular Hbond substituents is 1. The third-order valence-electron chi connectivity index (χ3n) is 4.25. The van der Waals surface area contributed by atoms with Crippen molar-refractivity contribution in [3.05, 3.63) is 34.5 Å². The average molecular weight is 364 g/mol. The number of hydrogen-bond acceptors (Lipinski definition) is 4. The van der Waals surface area contributed by atoms with Crippen molar-refractivity contribution in [2.75, 3.05) is 19.6 Å². The minimum absolute atomic E-state index is 0.00555. The molecule has 2 aliphatic heterocycles. The number of carbonyl (C=O) groups excluding carboxylic acids is 3. The Morgan fingerprint density at radius 1 is 1.24 bits per heavy atom. The van der Waals surface area contributed by atoms with Crippen molar-refractivity contribution in [2.24, 2.45) is 0 Å². The molecule has 0 aliphatic carbocycles. The Balaban J connectivity index is 1.74. The topological polar surface area (TPSA) is 90.0 Å². The fourth-order valence-electron chi connectivity index (χ4n) is 2.89. The number of phenols is 1. The molecule has 7 nitrogen and oxygen atoms in total. The van der Waals surface area contributed by atoms with Gasteiger partial charge in [-0.3, -0.25) is 9.59 Å². The summed E-state index contributed by atoms with van der Waals surface area (Å²) in [6.45, 7) is 1.02. The molecule has 132 valence electrons. The molecule has 2 heterocycles. The van der Waals surface area contributed by atoms with Gasteiger partial charge in [0.15, 0.2) is 0 Å². The summed E-state index contributed by atoms with van der Waals surface area (Å²) in [6, 6.07) is 3.74. The highest BCUT2D eigenvalue weighted by molar-refractivity contribution is 6.30. The molecule has 0 unspecified atom stereocenters. The van der Waals surface area contributed by atoms with Crippen molar-refractivity contribution in [1.82, 2.24) is 15.1 Å². The summed E-state index contributed by atoms with van der Waals surface area (Å²) in [5.41, 5.74) is 0.300. The van der Waals surface area contributed by atoms with Gasteiger partial charge in [-0.2, -0.15) is 0 Å². The van der Waals surface area contributed by atoms with Gasteiger partial charge in [0.25, 0.3) is 5.91 Å². The summed E-state index contributed by atoms with van der Waals surface area (Å²) in [5, 5.41) is 12.6. The van der Waals surface area contributed by atoms with Crippen LogP contribution >= 0.6 is 11.6 Å². The van der Waals surface area contributed by atoms with E-state index in [1.165, 1.54) is 24.3 Å². The van der Waals surface area contributed by atoms with Gasteiger partial charge in [-0.1, -0.05) is 11.6 Å². The number of urea groups is 1. The minimum Gasteiger partial charge on any atom is -0.507 e. The van der Waals surface area contributed by atoms with Crippen LogP contribution in [0.15, 0.2) is 23.9 Å². The van der Waals surface area contributed by atoms with Crippen LogP contribution < -0.4 is 5.32 Å². The molecule has 8 heteroatoms. The number of nitrogens with one attached hydrogen (secondary N) is 1. The molecular weight excluding hydrogens is 346 g/mol. The summed E-state index contributed by atoms with van der Waals surface area (Å²) < 4.78 is 0. The molecule has 0 aromatic heterocycles. The van der Waals surface area contributed by atoms with Crippen molar-refractivity contribution < 1.29 is 19.5 Å². The SMILES string of the molecule is O=C(CN1C(=O)N/C(=C\c2cc(Cl)ccc2O)C1=O)N1CCCCC1. The first kappa shape index (κ1) is 17.3. The van der Waals surface area contributed by atoms with Crippen molar-refractivity contribution in [2.45, 2.75) is 19.3 Å². The van der Waals surface area contributed by atoms with E-state index in [-0.39, 0.29) is 23.9 Å². The highest BCUT2D eigenvalue weighted by Crippen LogP contribution is 2.25. The lowest BCUT2D eigenvalue weighted by Gasteiger charge is -2.27. The van der Waals surface area contributed by atoms with Crippen LogP contribution in [0.2, 0.25) is 5.02 Å². The molecule has 2 fully saturated rings. The zero-order valence-corrected chi connectivity index (χ0v) is 14.3. The summed E-state index contributed by atoms with van der Waals surface area (Å²) in [6.07, 6.45) is 4.30. The number of aromatic hydroxyl groups is 1. The lowest BCUT2D eigenvalue weighted by Crippen LogP contribution is -2.44. The quantitative estimate of drug-likeness (QED) is 0.634. The van der Waals surface area contributed by atoms with E-state index in [1.807, 2.05) is 0 Å². The smallest absolute Gasteiger partial charge is 0.329 e. The second kappa shape index (κ2) is 7.14. The lowest BCUT2D eigenvalue weighted by atomic mass is 10.1. The Labute approximate surface area is 149 Å². The predicted molar refractivity (Wildman–Crippen MR) is 91.8 cm³/mol. The van der Waals surface area contributed by atoms with Crippen LogP contribution in [0.1, 0.15) is 24.8 Å². The van der Waals surface area contributed by atoms with E-state index >= 15 is 0 Å². The second-order valence-corrected chi connectivity index (χ2v) is 6.46. The number of benzene rings is 1. The van der Waals surface area contributed by atoms with E-state index in [4.69, 9.17) is 11.6 Å². The molecule has 2 N–H and O–H groups in total. The van der Waals surface area contributed by atoms with Gasteiger partial charge in [0.1, 0.15) is 18.0 Å². The fourth-order valence-corrected chi connectivity index (χ4v) is 3.07. The van der Waals surface area contributed by atoms with Crippen LogP contribution in [0.4, 0.5) is 4.79 Å². The van der Waals surface area contributed by atoms with Crippen molar-refractivity contribution in [3.63, 3.8) is 0 Å². The molecule has 1 aromatic rings. The van der Waals surface area contributed by atoms with Crippen LogP contribution in [0.25, 0.3) is 6.08 Å². The first-order valence-electron chi connectivity index (χ1n) is 8.06. The maximum atomic E-state index is 12.4. The van der Waals surface area contributed by atoms with Crippen LogP contribution in [0.5, 0.6) is 5.75 Å². The Kier molecular flexibility index (Phi) is 4.94. The number of nitrogens with zero attached hydrogens (tertiary/aromatic N) is 2. The third kappa shape index (κ3) is 3.76. The van der Waals surface area contributed by atoms with E-state index in [9.17, 15) is 19.5 Å². The van der Waals surface area contributed by atoms with Gasteiger partial charge in [-0.15, -0.1) is 0 Å². The summed E-state index contributed by atoms with van der Waals surface area (Å²) in [4.78, 5) is 39.3. The number of halogens is 1. The average Bonchev–Trinajstić information content (AvgIpc) is 2.86. The molecule has 4 amide bonds. The van der Waals surface area contributed by atoms with E-state index in [0.29, 0.717) is 23.7 Å². The molecule has 0 saturated carbocycles. The van der Waals surface area contributed by atoms with Crippen molar-refractivity contribution in [3.8, 4) is 5.75 Å². The Morgan fingerprint density at radius 2 is 1.96 bits per heavy atom. The van der Waals surface area contributed by atoms with Gasteiger partial charge in [0.05, 0.1) is 0 Å². The molecule has 2 aliphatic rings. The number of rotatable bonds is 3. The van der Waals surface area contributed by atoms with Gasteiger partial charge < -0.3 is 15.3 Å². The summed E-state index contributed by atoms with van der Waals surface area (Å²) in [7, 11) is 0. The molecular formula is C17H18ClN3O4. The highest BCUT2D eigenvalue weighted by atomic mass is 35.5. The molecule has 0 bridgehead atoms. The van der Waals surface area contributed by atoms with E-state index in [1.54, 1.807) is 4.90 Å². The van der Waals surface area contributed by atoms with Crippen molar-refractivity contribution in [1.29, 1.82) is 0 Å². The first-order valence-corrected chi connectivity index (χ1v) is 8.44. The molecule has 0 atom stereocenters. The zero-order chi connectivity index (χ0) is 18.0. The van der Waals surface area contributed by atoms with E-state index in [2.05, 4.69) is 5.32 Å². The number of imide groups is 1. The van der Waals surface area contributed by atoms with Gasteiger partial charge in [-0.25, -0.2) is 9.69 Å². The largest absolute Gasteiger partial charge is 0.507 e. The molecule has 3 rings (SSSR count). The van der Waals surface area contributed by atoms with Crippen molar-refractivity contribution >= 4 is 35.5 Å². The van der Waals surface area contributed by atoms with Crippen LogP contribution in [-0.2, 0) is 9.59 Å². The van der Waals surface area contributed by atoms with E-state index in [0.717, 1.165) is 24.2 Å². The predicted octanol–water partition coefficient (Wildman–Crippen LogP) is 1.95. The maximum absolute atomic E-state index is 12.4. The molecule has 1 aromatic carbocycles. The third-order valence-corrected chi connectivity index (χ3v) is 4.49. The number of likely N-dealkylation sites (tertiary alicyclic amines) is 1. The summed E-state index contributed by atoms with van der Waals surface area (Å²) >= 11 is 5.88. The number of piperidine rings is 1. The standard InChI is InChI=1S/C17H18ClN3O4/c18-12-4-5-14(22)11(8-12)9-13-16(24)21(17(25)19-13)10-15(23)20-6-2-1-3-7-20/h4-5,8-9,22H,1-3,6-7,10H2,(H,19,25)/b13-9-. The lowest BCUT2D eigenvalue weighted by molar-refractivity contribution is -0.136.